The Labute approximate surface area is 293 Å². The van der Waals surface area contributed by atoms with Gasteiger partial charge >= 0.3 is 0 Å². The van der Waals surface area contributed by atoms with Crippen molar-refractivity contribution in [2.45, 2.75) is 0 Å². The second kappa shape index (κ2) is 10.8. The predicted octanol–water partition coefficient (Wildman–Crippen LogP) is 13.1. The number of para-hydroxylation sites is 4. The van der Waals surface area contributed by atoms with Gasteiger partial charge < -0.3 is 13.6 Å². The molecule has 3 aromatic heterocycles. The largest absolute Gasteiger partial charge is 0.456 e. The Balaban J connectivity index is 0.951. The van der Waals surface area contributed by atoms with Gasteiger partial charge in [-0.2, -0.15) is 0 Å². The van der Waals surface area contributed by atoms with Gasteiger partial charge in [0.1, 0.15) is 11.2 Å². The zero-order valence-electron chi connectivity index (χ0n) is 27.6. The minimum atomic E-state index is 0.907. The van der Waals surface area contributed by atoms with Crippen molar-refractivity contribution in [3.05, 3.63) is 182 Å². The van der Waals surface area contributed by atoms with Crippen molar-refractivity contribution in [2.24, 2.45) is 0 Å². The topological polar surface area (TPSA) is 23.0 Å². The molecule has 0 saturated heterocycles. The fraction of sp³-hybridized carbons (Fsp3) is 0. The second-order valence-corrected chi connectivity index (χ2v) is 13.4. The minimum Gasteiger partial charge on any atom is -0.456 e. The molecule has 0 atom stereocenters. The molecule has 0 fully saturated rings. The van der Waals surface area contributed by atoms with E-state index in [2.05, 4.69) is 179 Å². The molecule has 3 nitrogen and oxygen atoms in total. The fourth-order valence-corrected chi connectivity index (χ4v) is 8.15. The molecule has 51 heavy (non-hydrogen) atoms. The van der Waals surface area contributed by atoms with Crippen molar-refractivity contribution in [3.63, 3.8) is 0 Å². The maximum absolute atomic E-state index is 6.31. The molecular weight excluding hydrogens is 621 g/mol. The summed E-state index contributed by atoms with van der Waals surface area (Å²) in [5, 5.41) is 7.31. The highest BCUT2D eigenvalue weighted by molar-refractivity contribution is 6.17. The van der Waals surface area contributed by atoms with Crippen LogP contribution >= 0.6 is 0 Å². The molecule has 0 amide bonds. The van der Waals surface area contributed by atoms with Gasteiger partial charge in [0.2, 0.25) is 0 Å². The van der Waals surface area contributed by atoms with Crippen molar-refractivity contribution in [3.8, 4) is 33.6 Å². The first-order valence-corrected chi connectivity index (χ1v) is 17.4. The lowest BCUT2D eigenvalue weighted by Gasteiger charge is -2.11. The van der Waals surface area contributed by atoms with Crippen molar-refractivity contribution in [2.75, 3.05) is 0 Å². The van der Waals surface area contributed by atoms with Crippen molar-refractivity contribution < 1.29 is 4.42 Å². The van der Waals surface area contributed by atoms with Crippen LogP contribution < -0.4 is 0 Å². The first kappa shape index (κ1) is 28.0. The summed E-state index contributed by atoms with van der Waals surface area (Å²) >= 11 is 0. The van der Waals surface area contributed by atoms with Gasteiger partial charge in [-0.15, -0.1) is 0 Å². The summed E-state index contributed by atoms with van der Waals surface area (Å²) in [7, 11) is 0. The number of hydrogen-bond donors (Lipinski definition) is 0. The summed E-state index contributed by atoms with van der Waals surface area (Å²) in [5.74, 6) is 0. The van der Waals surface area contributed by atoms with E-state index in [1.54, 1.807) is 0 Å². The van der Waals surface area contributed by atoms with E-state index in [9.17, 15) is 0 Å². The van der Waals surface area contributed by atoms with E-state index >= 15 is 0 Å². The van der Waals surface area contributed by atoms with Crippen LogP contribution in [0.3, 0.4) is 0 Å². The number of nitrogens with zero attached hydrogens (tertiary/aromatic N) is 2. The van der Waals surface area contributed by atoms with Gasteiger partial charge in [-0.05, 0) is 76.9 Å². The van der Waals surface area contributed by atoms with Crippen LogP contribution in [0.2, 0.25) is 0 Å². The molecule has 11 rings (SSSR count). The molecule has 0 bridgehead atoms. The highest BCUT2D eigenvalue weighted by Crippen LogP contribution is 2.39. The third-order valence-electron chi connectivity index (χ3n) is 10.5. The van der Waals surface area contributed by atoms with E-state index in [-0.39, 0.29) is 0 Å². The zero-order chi connectivity index (χ0) is 33.5. The van der Waals surface area contributed by atoms with E-state index in [1.165, 1.54) is 60.3 Å². The summed E-state index contributed by atoms with van der Waals surface area (Å²) in [4.78, 5) is 0. The Morgan fingerprint density at radius 3 is 1.43 bits per heavy atom. The predicted molar refractivity (Wildman–Crippen MR) is 213 cm³/mol. The lowest BCUT2D eigenvalue weighted by molar-refractivity contribution is 0.669. The average Bonchev–Trinajstić information content (AvgIpc) is 3.84. The maximum atomic E-state index is 6.31. The standard InChI is InChI=1S/C48H30N2O/c1-5-16-43-37(12-1)38-13-2-6-17-44(38)50(43)36-11-9-10-34(28-36)33-22-20-31(21-23-33)32-24-26-35(27-25-32)49-45-18-7-3-14-39(45)41-29-42-40-15-4-8-19-47(40)51-48(42)30-46(41)49/h1-30H. The highest BCUT2D eigenvalue weighted by atomic mass is 16.3. The van der Waals surface area contributed by atoms with Crippen LogP contribution in [-0.4, -0.2) is 9.13 Å². The molecule has 0 aliphatic carbocycles. The van der Waals surface area contributed by atoms with Crippen LogP contribution in [0.15, 0.2) is 186 Å². The van der Waals surface area contributed by atoms with Gasteiger partial charge in [0.25, 0.3) is 0 Å². The van der Waals surface area contributed by atoms with Crippen molar-refractivity contribution in [1.82, 2.24) is 9.13 Å². The van der Waals surface area contributed by atoms with Gasteiger partial charge in [0.15, 0.2) is 0 Å². The normalized spacial score (nSPS) is 11.9. The third-order valence-corrected chi connectivity index (χ3v) is 10.5. The summed E-state index contributed by atoms with van der Waals surface area (Å²) in [6, 6.07) is 65.5. The highest BCUT2D eigenvalue weighted by Gasteiger charge is 2.17. The molecule has 0 aliphatic heterocycles. The van der Waals surface area contributed by atoms with Gasteiger partial charge in [-0.25, -0.2) is 0 Å². The van der Waals surface area contributed by atoms with Crippen molar-refractivity contribution >= 4 is 65.6 Å². The van der Waals surface area contributed by atoms with E-state index in [4.69, 9.17) is 4.42 Å². The zero-order valence-corrected chi connectivity index (χ0v) is 27.6. The first-order valence-electron chi connectivity index (χ1n) is 17.4. The molecule has 0 radical (unpaired) electrons. The number of fused-ring (bicyclic) bond motifs is 9. The van der Waals surface area contributed by atoms with Crippen LogP contribution in [0.4, 0.5) is 0 Å². The number of aromatic nitrogens is 2. The molecule has 238 valence electrons. The van der Waals surface area contributed by atoms with Crippen LogP contribution in [0.5, 0.6) is 0 Å². The molecule has 0 saturated carbocycles. The smallest absolute Gasteiger partial charge is 0.137 e. The minimum absolute atomic E-state index is 0.907. The number of rotatable bonds is 4. The van der Waals surface area contributed by atoms with Gasteiger partial charge in [-0.3, -0.25) is 0 Å². The SMILES string of the molecule is c1cc(-c2ccc(-c3ccc(-n4c5ccccc5c5cc6c(cc54)oc4ccccc46)cc3)cc2)cc(-n2c3ccccc3c3ccccc32)c1. The van der Waals surface area contributed by atoms with Crippen LogP contribution in [-0.2, 0) is 0 Å². The second-order valence-electron chi connectivity index (χ2n) is 13.4. The van der Waals surface area contributed by atoms with E-state index in [0.29, 0.717) is 0 Å². The Bertz CT molecular complexity index is 3070. The molecule has 3 heteroatoms. The lowest BCUT2D eigenvalue weighted by atomic mass is 10.00. The molecule has 0 aliphatic rings. The van der Waals surface area contributed by atoms with Crippen LogP contribution in [0.1, 0.15) is 0 Å². The Morgan fingerprint density at radius 1 is 0.275 bits per heavy atom. The fourth-order valence-electron chi connectivity index (χ4n) is 8.15. The van der Waals surface area contributed by atoms with Crippen LogP contribution in [0.25, 0.3) is 99.2 Å². The molecule has 0 N–H and O–H groups in total. The van der Waals surface area contributed by atoms with E-state index in [1.807, 2.05) is 12.1 Å². The van der Waals surface area contributed by atoms with Gasteiger partial charge in [0, 0.05) is 49.8 Å². The van der Waals surface area contributed by atoms with Crippen molar-refractivity contribution in [1.29, 1.82) is 0 Å². The lowest BCUT2D eigenvalue weighted by Crippen LogP contribution is -1.94. The van der Waals surface area contributed by atoms with Gasteiger partial charge in [0.05, 0.1) is 22.1 Å². The molecule has 0 unspecified atom stereocenters. The van der Waals surface area contributed by atoms with E-state index in [0.717, 1.165) is 38.8 Å². The van der Waals surface area contributed by atoms with E-state index < -0.39 is 0 Å². The first-order chi connectivity index (χ1) is 25.3. The summed E-state index contributed by atoms with van der Waals surface area (Å²) < 4.78 is 11.0. The monoisotopic (exact) mass is 650 g/mol. The Hall–Kier alpha value is -6.84. The average molecular weight is 651 g/mol. The summed E-state index contributed by atoms with van der Waals surface area (Å²) in [5.41, 5.74) is 13.6. The molecule has 11 aromatic rings. The quantitative estimate of drug-likeness (QED) is 0.186. The number of hydrogen-bond acceptors (Lipinski definition) is 1. The molecule has 8 aromatic carbocycles. The molecule has 3 heterocycles. The maximum Gasteiger partial charge on any atom is 0.137 e. The Kier molecular flexibility index (Phi) is 5.96. The number of furan rings is 1. The Morgan fingerprint density at radius 2 is 0.784 bits per heavy atom. The van der Waals surface area contributed by atoms with Gasteiger partial charge in [-0.1, -0.05) is 121 Å². The van der Waals surface area contributed by atoms with Crippen LogP contribution in [0, 0.1) is 0 Å². The third kappa shape index (κ3) is 4.25. The molecular formula is C48H30N2O. The number of benzene rings is 8. The summed E-state index contributed by atoms with van der Waals surface area (Å²) in [6.45, 7) is 0. The summed E-state index contributed by atoms with van der Waals surface area (Å²) in [6.07, 6.45) is 0. The molecule has 0 spiro atoms.